The van der Waals surface area contributed by atoms with Crippen LogP contribution >= 0.6 is 0 Å². The van der Waals surface area contributed by atoms with E-state index in [0.29, 0.717) is 6.04 Å². The van der Waals surface area contributed by atoms with Crippen molar-refractivity contribution in [1.82, 2.24) is 15.5 Å². The zero-order chi connectivity index (χ0) is 17.9. The molecule has 2 aromatic carbocycles. The Morgan fingerprint density at radius 1 is 0.960 bits per heavy atom. The lowest BCUT2D eigenvalue weighted by atomic mass is 10.1. The molecule has 0 aromatic heterocycles. The monoisotopic (exact) mass is 338 g/mol. The van der Waals surface area contributed by atoms with Gasteiger partial charge in [-0.25, -0.2) is 0 Å². The zero-order valence-corrected chi connectivity index (χ0v) is 15.6. The molecule has 4 heteroatoms. The molecule has 0 bridgehead atoms. The van der Waals surface area contributed by atoms with Gasteiger partial charge in [0.2, 0.25) is 0 Å². The van der Waals surface area contributed by atoms with Crippen LogP contribution in [0.4, 0.5) is 0 Å². The van der Waals surface area contributed by atoms with Crippen LogP contribution < -0.4 is 10.6 Å². The van der Waals surface area contributed by atoms with Crippen LogP contribution in [-0.2, 0) is 6.42 Å². The number of hydrogen-bond acceptors (Lipinski definition) is 2. The number of nitrogens with one attached hydrogen (secondary N) is 2. The van der Waals surface area contributed by atoms with Crippen LogP contribution in [0.3, 0.4) is 0 Å². The van der Waals surface area contributed by atoms with Gasteiger partial charge in [0.15, 0.2) is 5.96 Å². The summed E-state index contributed by atoms with van der Waals surface area (Å²) in [6.07, 6.45) is 2.16. The Balaban J connectivity index is 1.77. The standard InChI is InChI=1S/C21H30N4/c1-22-21(23-16-10-13-18-11-6-4-7-12-18)24-17-20(25(2)3)19-14-8-5-9-15-19/h4-9,11-12,14-15,20H,10,13,16-17H2,1-3H3,(H2,22,23,24). The lowest BCUT2D eigenvalue weighted by molar-refractivity contribution is 0.298. The molecule has 25 heavy (non-hydrogen) atoms. The van der Waals surface area contributed by atoms with Gasteiger partial charge in [0.1, 0.15) is 0 Å². The van der Waals surface area contributed by atoms with Gasteiger partial charge in [-0.1, -0.05) is 60.7 Å². The average molecular weight is 338 g/mol. The minimum atomic E-state index is 0.309. The lowest BCUT2D eigenvalue weighted by Crippen LogP contribution is -2.42. The van der Waals surface area contributed by atoms with E-state index in [2.05, 4.69) is 95.3 Å². The van der Waals surface area contributed by atoms with Gasteiger partial charge in [0, 0.05) is 20.1 Å². The van der Waals surface area contributed by atoms with Crippen LogP contribution in [0.1, 0.15) is 23.6 Å². The average Bonchev–Trinajstić information content (AvgIpc) is 2.65. The minimum absolute atomic E-state index is 0.309. The third kappa shape index (κ3) is 6.59. The molecule has 0 amide bonds. The molecule has 0 radical (unpaired) electrons. The summed E-state index contributed by atoms with van der Waals surface area (Å²) in [7, 11) is 6.03. The Morgan fingerprint density at radius 3 is 2.20 bits per heavy atom. The van der Waals surface area contributed by atoms with Crippen LogP contribution in [0.15, 0.2) is 65.7 Å². The van der Waals surface area contributed by atoms with Crippen molar-refractivity contribution in [3.8, 4) is 0 Å². The van der Waals surface area contributed by atoms with E-state index < -0.39 is 0 Å². The van der Waals surface area contributed by atoms with Gasteiger partial charge in [-0.3, -0.25) is 4.99 Å². The summed E-state index contributed by atoms with van der Waals surface area (Å²) in [4.78, 5) is 6.56. The first kappa shape index (κ1) is 19.0. The summed E-state index contributed by atoms with van der Waals surface area (Å²) in [5.41, 5.74) is 2.68. The van der Waals surface area contributed by atoms with Crippen molar-refractivity contribution in [1.29, 1.82) is 0 Å². The normalized spacial score (nSPS) is 12.9. The Labute approximate surface area is 152 Å². The number of aryl methyl sites for hydroxylation is 1. The van der Waals surface area contributed by atoms with Gasteiger partial charge >= 0.3 is 0 Å². The molecule has 2 rings (SSSR count). The summed E-state index contributed by atoms with van der Waals surface area (Å²) in [6, 6.07) is 21.5. The highest BCUT2D eigenvalue weighted by molar-refractivity contribution is 5.79. The molecular formula is C21H30N4. The van der Waals surface area contributed by atoms with Gasteiger partial charge in [-0.2, -0.15) is 0 Å². The van der Waals surface area contributed by atoms with Crippen molar-refractivity contribution in [3.63, 3.8) is 0 Å². The van der Waals surface area contributed by atoms with Gasteiger partial charge in [0.25, 0.3) is 0 Å². The Bertz CT molecular complexity index is 623. The van der Waals surface area contributed by atoms with Crippen LogP contribution in [0.2, 0.25) is 0 Å². The fourth-order valence-electron chi connectivity index (χ4n) is 2.83. The number of guanidine groups is 1. The van der Waals surface area contributed by atoms with Crippen molar-refractivity contribution >= 4 is 5.96 Å². The van der Waals surface area contributed by atoms with Crippen LogP contribution in [0.5, 0.6) is 0 Å². The number of rotatable bonds is 8. The fraction of sp³-hybridized carbons (Fsp3) is 0.381. The molecule has 134 valence electrons. The maximum absolute atomic E-state index is 4.33. The summed E-state index contributed by atoms with van der Waals surface area (Å²) in [6.45, 7) is 1.72. The summed E-state index contributed by atoms with van der Waals surface area (Å²) >= 11 is 0. The predicted molar refractivity (Wildman–Crippen MR) is 107 cm³/mol. The van der Waals surface area contributed by atoms with E-state index in [1.807, 2.05) is 7.05 Å². The first-order valence-electron chi connectivity index (χ1n) is 8.90. The molecular weight excluding hydrogens is 308 g/mol. The quantitative estimate of drug-likeness (QED) is 0.441. The van der Waals surface area contributed by atoms with Crippen molar-refractivity contribution < 1.29 is 0 Å². The molecule has 2 aromatic rings. The van der Waals surface area contributed by atoms with Gasteiger partial charge in [-0.05, 0) is 38.1 Å². The molecule has 0 aliphatic rings. The van der Waals surface area contributed by atoms with E-state index in [-0.39, 0.29) is 0 Å². The molecule has 1 unspecified atom stereocenters. The number of likely N-dealkylation sites (N-methyl/N-ethyl adjacent to an activating group) is 1. The van der Waals surface area contributed by atoms with E-state index in [1.54, 1.807) is 0 Å². The molecule has 4 nitrogen and oxygen atoms in total. The van der Waals surface area contributed by atoms with E-state index in [4.69, 9.17) is 0 Å². The van der Waals surface area contributed by atoms with Crippen LogP contribution in [0, 0.1) is 0 Å². The third-order valence-electron chi connectivity index (χ3n) is 4.27. The second kappa shape index (κ2) is 10.5. The fourth-order valence-corrected chi connectivity index (χ4v) is 2.83. The maximum Gasteiger partial charge on any atom is 0.191 e. The summed E-state index contributed by atoms with van der Waals surface area (Å²) in [5, 5.41) is 6.85. The van der Waals surface area contributed by atoms with E-state index >= 15 is 0 Å². The van der Waals surface area contributed by atoms with Crippen molar-refractivity contribution in [2.24, 2.45) is 4.99 Å². The first-order chi connectivity index (χ1) is 12.2. The highest BCUT2D eigenvalue weighted by Gasteiger charge is 2.14. The van der Waals surface area contributed by atoms with E-state index in [0.717, 1.165) is 31.9 Å². The SMILES string of the molecule is CN=C(NCCCc1ccccc1)NCC(c1ccccc1)N(C)C. The third-order valence-corrected chi connectivity index (χ3v) is 4.27. The molecule has 0 fully saturated rings. The number of aliphatic imine (C=N–C) groups is 1. The molecule has 0 heterocycles. The van der Waals surface area contributed by atoms with E-state index in [1.165, 1.54) is 11.1 Å². The highest BCUT2D eigenvalue weighted by atomic mass is 15.2. The minimum Gasteiger partial charge on any atom is -0.356 e. The second-order valence-corrected chi connectivity index (χ2v) is 6.36. The molecule has 2 N–H and O–H groups in total. The Hall–Kier alpha value is -2.33. The lowest BCUT2D eigenvalue weighted by Gasteiger charge is -2.26. The summed E-state index contributed by atoms with van der Waals surface area (Å²) < 4.78 is 0. The molecule has 0 saturated heterocycles. The molecule has 0 spiro atoms. The number of benzene rings is 2. The number of hydrogen-bond donors (Lipinski definition) is 2. The Kier molecular flexibility index (Phi) is 7.99. The van der Waals surface area contributed by atoms with Crippen LogP contribution in [0.25, 0.3) is 0 Å². The topological polar surface area (TPSA) is 39.7 Å². The van der Waals surface area contributed by atoms with Crippen LogP contribution in [-0.4, -0.2) is 45.1 Å². The van der Waals surface area contributed by atoms with Crippen molar-refractivity contribution in [2.45, 2.75) is 18.9 Å². The maximum atomic E-state index is 4.33. The predicted octanol–water partition coefficient (Wildman–Crippen LogP) is 3.09. The molecule has 0 aliphatic carbocycles. The molecule has 0 saturated carbocycles. The largest absolute Gasteiger partial charge is 0.356 e. The van der Waals surface area contributed by atoms with Crippen molar-refractivity contribution in [2.75, 3.05) is 34.2 Å². The smallest absolute Gasteiger partial charge is 0.191 e. The highest BCUT2D eigenvalue weighted by Crippen LogP contribution is 2.16. The van der Waals surface area contributed by atoms with Gasteiger partial charge < -0.3 is 15.5 Å². The zero-order valence-electron chi connectivity index (χ0n) is 15.6. The molecule has 0 aliphatic heterocycles. The van der Waals surface area contributed by atoms with Crippen molar-refractivity contribution in [3.05, 3.63) is 71.8 Å². The van der Waals surface area contributed by atoms with E-state index in [9.17, 15) is 0 Å². The molecule has 1 atom stereocenters. The van der Waals surface area contributed by atoms with Gasteiger partial charge in [-0.15, -0.1) is 0 Å². The first-order valence-corrected chi connectivity index (χ1v) is 8.90. The second-order valence-electron chi connectivity index (χ2n) is 6.36. The number of nitrogens with zero attached hydrogens (tertiary/aromatic N) is 2. The summed E-state index contributed by atoms with van der Waals surface area (Å²) in [5.74, 6) is 0.857. The Morgan fingerprint density at radius 2 is 1.60 bits per heavy atom. The van der Waals surface area contributed by atoms with Gasteiger partial charge in [0.05, 0.1) is 6.04 Å².